The fraction of sp³-hybridized carbons (Fsp3) is 0.840. The van der Waals surface area contributed by atoms with E-state index in [9.17, 15) is 24.3 Å². The van der Waals surface area contributed by atoms with E-state index in [0.29, 0.717) is 25.8 Å². The van der Waals surface area contributed by atoms with Crippen molar-refractivity contribution in [2.24, 2.45) is 5.92 Å². The lowest BCUT2D eigenvalue weighted by Crippen LogP contribution is -2.58. The van der Waals surface area contributed by atoms with Gasteiger partial charge in [-0.15, -0.1) is 0 Å². The smallest absolute Gasteiger partial charge is 0.335 e. The maximum Gasteiger partial charge on any atom is 0.335 e. The van der Waals surface area contributed by atoms with Crippen LogP contribution < -0.4 is 5.32 Å². The number of esters is 2. The number of carboxylic acids is 1. The molecule has 0 aromatic carbocycles. The molecule has 34 heavy (non-hydrogen) atoms. The molecule has 0 radical (unpaired) electrons. The van der Waals surface area contributed by atoms with Crippen molar-refractivity contribution in [1.29, 1.82) is 0 Å². The summed E-state index contributed by atoms with van der Waals surface area (Å²) in [6, 6.07) is -3.29. The Morgan fingerprint density at radius 1 is 0.882 bits per heavy atom. The lowest BCUT2D eigenvalue weighted by atomic mass is 9.84. The van der Waals surface area contributed by atoms with E-state index < -0.39 is 53.1 Å². The summed E-state index contributed by atoms with van der Waals surface area (Å²) in [6.07, 6.45) is 6.59. The molecule has 1 aliphatic heterocycles. The highest BCUT2D eigenvalue weighted by Crippen LogP contribution is 2.29. The largest absolute Gasteiger partial charge is 0.480 e. The molecule has 2 N–H and O–H groups in total. The van der Waals surface area contributed by atoms with Crippen molar-refractivity contribution in [3.05, 3.63) is 0 Å². The molecule has 0 bridgehead atoms. The summed E-state index contributed by atoms with van der Waals surface area (Å²) in [6.45, 7) is 10.5. The summed E-state index contributed by atoms with van der Waals surface area (Å²) in [4.78, 5) is 52.7. The first-order chi connectivity index (χ1) is 15.7. The van der Waals surface area contributed by atoms with E-state index in [-0.39, 0.29) is 5.92 Å². The standard InChI is InChI=1S/C25H42N2O7/c1-24(2,3)33-22(31)19(23(32)34-25(4,5)6)26-17(15-16-11-8-7-9-12-16)20(28)27-14-10-13-18(27)21(29)30/h16-19,26H,7-15H2,1-6H3,(H,29,30)/t17-,18+/m1/s1. The summed E-state index contributed by atoms with van der Waals surface area (Å²) in [7, 11) is 0. The third-order valence-electron chi connectivity index (χ3n) is 6.07. The maximum atomic E-state index is 13.6. The van der Waals surface area contributed by atoms with E-state index >= 15 is 0 Å². The number of ether oxygens (including phenoxy) is 2. The second-order valence-electron chi connectivity index (χ2n) is 11.5. The number of likely N-dealkylation sites (tertiary alicyclic amines) is 1. The second-order valence-corrected chi connectivity index (χ2v) is 11.5. The van der Waals surface area contributed by atoms with Crippen LogP contribution in [-0.2, 0) is 28.7 Å². The van der Waals surface area contributed by atoms with Crippen LogP contribution in [0.15, 0.2) is 0 Å². The van der Waals surface area contributed by atoms with E-state index in [4.69, 9.17) is 9.47 Å². The predicted octanol–water partition coefficient (Wildman–Crippen LogP) is 3.04. The normalized spacial score (nSPS) is 20.8. The first-order valence-corrected chi connectivity index (χ1v) is 12.4. The number of rotatable bonds is 8. The van der Waals surface area contributed by atoms with Crippen LogP contribution >= 0.6 is 0 Å². The number of carboxylic acid groups (broad SMARTS) is 1. The van der Waals surface area contributed by atoms with E-state index in [1.165, 1.54) is 4.90 Å². The van der Waals surface area contributed by atoms with Gasteiger partial charge in [-0.3, -0.25) is 10.1 Å². The van der Waals surface area contributed by atoms with Crippen LogP contribution in [0.1, 0.15) is 92.9 Å². The Bertz CT molecular complexity index is 719. The predicted molar refractivity (Wildman–Crippen MR) is 126 cm³/mol. The van der Waals surface area contributed by atoms with Gasteiger partial charge in [0.25, 0.3) is 0 Å². The summed E-state index contributed by atoms with van der Waals surface area (Å²) in [5.41, 5.74) is -1.68. The highest BCUT2D eigenvalue weighted by Gasteiger charge is 2.42. The molecule has 0 spiro atoms. The molecular formula is C25H42N2O7. The van der Waals surface area contributed by atoms with Crippen molar-refractivity contribution in [1.82, 2.24) is 10.2 Å². The van der Waals surface area contributed by atoms with Gasteiger partial charge in [-0.2, -0.15) is 0 Å². The van der Waals surface area contributed by atoms with Crippen LogP contribution in [0.3, 0.4) is 0 Å². The van der Waals surface area contributed by atoms with Gasteiger partial charge in [0, 0.05) is 6.54 Å². The SMILES string of the molecule is CC(C)(C)OC(=O)C(N[C@H](CC1CCCCC1)C(=O)N1CCC[C@H]1C(=O)O)C(=O)OC(C)(C)C. The van der Waals surface area contributed by atoms with Gasteiger partial charge in [0.05, 0.1) is 6.04 Å². The molecule has 9 heteroatoms. The van der Waals surface area contributed by atoms with Gasteiger partial charge in [0.2, 0.25) is 11.9 Å². The molecule has 1 saturated heterocycles. The molecule has 1 saturated carbocycles. The zero-order chi connectivity index (χ0) is 25.7. The Kier molecular flexibility index (Phi) is 9.51. The van der Waals surface area contributed by atoms with Crippen LogP contribution in [0.5, 0.6) is 0 Å². The van der Waals surface area contributed by atoms with Gasteiger partial charge in [0.15, 0.2) is 0 Å². The average Bonchev–Trinajstić information content (AvgIpc) is 3.18. The number of nitrogens with one attached hydrogen (secondary N) is 1. The molecule has 1 heterocycles. The van der Waals surface area contributed by atoms with Gasteiger partial charge in [-0.05, 0) is 66.7 Å². The van der Waals surface area contributed by atoms with Crippen molar-refractivity contribution in [2.45, 2.75) is 122 Å². The van der Waals surface area contributed by atoms with E-state index in [1.54, 1.807) is 41.5 Å². The zero-order valence-corrected chi connectivity index (χ0v) is 21.5. The van der Waals surface area contributed by atoms with Crippen LogP contribution in [-0.4, -0.2) is 69.7 Å². The molecular weight excluding hydrogens is 440 g/mol. The average molecular weight is 483 g/mol. The first kappa shape index (κ1) is 28.1. The minimum absolute atomic E-state index is 0.249. The van der Waals surface area contributed by atoms with Crippen LogP contribution in [0.2, 0.25) is 0 Å². The first-order valence-electron chi connectivity index (χ1n) is 12.4. The van der Waals surface area contributed by atoms with Gasteiger partial charge in [-0.25, -0.2) is 14.4 Å². The van der Waals surface area contributed by atoms with E-state index in [1.807, 2.05) is 0 Å². The van der Waals surface area contributed by atoms with Gasteiger partial charge in [-0.1, -0.05) is 32.1 Å². The van der Waals surface area contributed by atoms with Crippen LogP contribution in [0, 0.1) is 5.92 Å². The monoisotopic (exact) mass is 482 g/mol. The molecule has 1 amide bonds. The molecule has 0 aromatic heterocycles. The van der Waals surface area contributed by atoms with Crippen molar-refractivity contribution in [3.63, 3.8) is 0 Å². The lowest BCUT2D eigenvalue weighted by Gasteiger charge is -2.33. The second kappa shape index (κ2) is 11.5. The molecule has 194 valence electrons. The Morgan fingerprint density at radius 3 is 1.88 bits per heavy atom. The lowest BCUT2D eigenvalue weighted by molar-refractivity contribution is -0.171. The molecule has 9 nitrogen and oxygen atoms in total. The number of hydrogen-bond donors (Lipinski definition) is 2. The Balaban J connectivity index is 2.33. The molecule has 0 aromatic rings. The topological polar surface area (TPSA) is 122 Å². The number of amides is 1. The van der Waals surface area contributed by atoms with Crippen molar-refractivity contribution < 1.29 is 33.8 Å². The summed E-state index contributed by atoms with van der Waals surface area (Å²) in [5, 5.41) is 12.5. The number of carbonyl (C=O) groups excluding carboxylic acids is 3. The fourth-order valence-corrected chi connectivity index (χ4v) is 4.64. The number of nitrogens with zero attached hydrogens (tertiary/aromatic N) is 1. The minimum Gasteiger partial charge on any atom is -0.480 e. The van der Waals surface area contributed by atoms with E-state index in [0.717, 1.165) is 32.1 Å². The van der Waals surface area contributed by atoms with Crippen molar-refractivity contribution in [3.8, 4) is 0 Å². The highest BCUT2D eigenvalue weighted by molar-refractivity contribution is 6.00. The zero-order valence-electron chi connectivity index (χ0n) is 21.5. The Labute approximate surface area is 202 Å². The summed E-state index contributed by atoms with van der Waals surface area (Å²) in [5.74, 6) is -2.83. The fourth-order valence-electron chi connectivity index (χ4n) is 4.64. The third kappa shape index (κ3) is 8.56. The van der Waals surface area contributed by atoms with Crippen LogP contribution in [0.25, 0.3) is 0 Å². The minimum atomic E-state index is -1.50. The number of carbonyl (C=O) groups is 4. The van der Waals surface area contributed by atoms with Crippen molar-refractivity contribution >= 4 is 23.8 Å². The maximum absolute atomic E-state index is 13.6. The van der Waals surface area contributed by atoms with Gasteiger partial charge >= 0.3 is 17.9 Å². The third-order valence-corrected chi connectivity index (χ3v) is 6.07. The Morgan fingerprint density at radius 2 is 1.41 bits per heavy atom. The molecule has 0 unspecified atom stereocenters. The molecule has 2 atom stereocenters. The quantitative estimate of drug-likeness (QED) is 0.400. The summed E-state index contributed by atoms with van der Waals surface area (Å²) >= 11 is 0. The van der Waals surface area contributed by atoms with Crippen molar-refractivity contribution in [2.75, 3.05) is 6.54 Å². The van der Waals surface area contributed by atoms with Crippen LogP contribution in [0.4, 0.5) is 0 Å². The number of aliphatic carboxylic acids is 1. The molecule has 2 fully saturated rings. The molecule has 2 rings (SSSR count). The van der Waals surface area contributed by atoms with E-state index in [2.05, 4.69) is 5.32 Å². The van der Waals surface area contributed by atoms with Gasteiger partial charge < -0.3 is 19.5 Å². The highest BCUT2D eigenvalue weighted by atomic mass is 16.6. The Hall–Kier alpha value is -2.16. The van der Waals surface area contributed by atoms with Gasteiger partial charge in [0.1, 0.15) is 17.2 Å². The number of hydrogen-bond acceptors (Lipinski definition) is 7. The molecule has 1 aliphatic carbocycles. The summed E-state index contributed by atoms with van der Waals surface area (Å²) < 4.78 is 10.9. The molecule has 2 aliphatic rings.